The van der Waals surface area contributed by atoms with Gasteiger partial charge >= 0.3 is 0 Å². The molecule has 0 saturated heterocycles. The summed E-state index contributed by atoms with van der Waals surface area (Å²) in [5, 5.41) is 0.525. The largest absolute Gasteiger partial charge is 0.474 e. The fourth-order valence-electron chi connectivity index (χ4n) is 2.56. The Balaban J connectivity index is 2.18. The van der Waals surface area contributed by atoms with Crippen LogP contribution >= 0.6 is 11.6 Å². The minimum atomic E-state index is 0.271. The second kappa shape index (κ2) is 6.56. The maximum atomic E-state index is 6.18. The molecule has 4 heteroatoms. The van der Waals surface area contributed by atoms with E-state index in [4.69, 9.17) is 16.3 Å². The summed E-state index contributed by atoms with van der Waals surface area (Å²) < 4.78 is 6.13. The van der Waals surface area contributed by atoms with E-state index >= 15 is 0 Å². The molecule has 0 N–H and O–H groups in total. The van der Waals surface area contributed by atoms with Crippen molar-refractivity contribution in [3.05, 3.63) is 16.5 Å². The molecule has 1 aliphatic carbocycles. The van der Waals surface area contributed by atoms with Crippen molar-refractivity contribution >= 4 is 11.6 Å². The third-order valence-corrected chi connectivity index (χ3v) is 4.23. The highest BCUT2D eigenvalue weighted by molar-refractivity contribution is 6.30. The van der Waals surface area contributed by atoms with Crippen LogP contribution in [0.5, 0.6) is 5.88 Å². The van der Waals surface area contributed by atoms with Crippen LogP contribution in [-0.4, -0.2) is 16.1 Å². The Labute approximate surface area is 120 Å². The van der Waals surface area contributed by atoms with E-state index < -0.39 is 0 Å². The summed E-state index contributed by atoms with van der Waals surface area (Å²) in [5.41, 5.74) is 0.860. The Morgan fingerprint density at radius 3 is 2.68 bits per heavy atom. The topological polar surface area (TPSA) is 35.0 Å². The van der Waals surface area contributed by atoms with E-state index in [1.807, 2.05) is 6.92 Å². The third-order valence-electron chi connectivity index (χ3n) is 3.86. The fraction of sp³-hybridized carbons (Fsp3) is 0.733. The van der Waals surface area contributed by atoms with Crippen molar-refractivity contribution in [3.8, 4) is 5.88 Å². The molecule has 0 aliphatic heterocycles. The molecule has 1 fully saturated rings. The molecular weight excluding hydrogens is 260 g/mol. The minimum absolute atomic E-state index is 0.271. The van der Waals surface area contributed by atoms with Crippen molar-refractivity contribution in [1.82, 2.24) is 9.97 Å². The Morgan fingerprint density at radius 1 is 1.26 bits per heavy atom. The van der Waals surface area contributed by atoms with Gasteiger partial charge in [-0.3, -0.25) is 0 Å². The van der Waals surface area contributed by atoms with Crippen LogP contribution in [-0.2, 0) is 6.42 Å². The Hall–Kier alpha value is -0.830. The predicted molar refractivity (Wildman–Crippen MR) is 77.8 cm³/mol. The summed E-state index contributed by atoms with van der Waals surface area (Å²) in [7, 11) is 0. The lowest BCUT2D eigenvalue weighted by atomic mass is 9.88. The lowest BCUT2D eigenvalue weighted by molar-refractivity contribution is 0.0963. The number of nitrogens with zero attached hydrogens (tertiary/aromatic N) is 2. The SMILES string of the molecule is CCCc1nc(Cl)c(C)c(OC2CCCCC2C)n1. The lowest BCUT2D eigenvalue weighted by Crippen LogP contribution is -2.29. The van der Waals surface area contributed by atoms with Gasteiger partial charge in [0.2, 0.25) is 5.88 Å². The van der Waals surface area contributed by atoms with Crippen LogP contribution in [0.3, 0.4) is 0 Å². The van der Waals surface area contributed by atoms with Crippen molar-refractivity contribution in [2.45, 2.75) is 65.4 Å². The molecule has 1 saturated carbocycles. The molecule has 106 valence electrons. The number of aromatic nitrogens is 2. The zero-order valence-corrected chi connectivity index (χ0v) is 12.8. The summed E-state index contributed by atoms with van der Waals surface area (Å²) in [6, 6.07) is 0. The monoisotopic (exact) mass is 282 g/mol. The highest BCUT2D eigenvalue weighted by Crippen LogP contribution is 2.30. The number of rotatable bonds is 4. The van der Waals surface area contributed by atoms with E-state index in [9.17, 15) is 0 Å². The molecule has 1 heterocycles. The van der Waals surface area contributed by atoms with Gasteiger partial charge in [-0.05, 0) is 38.5 Å². The first-order chi connectivity index (χ1) is 9.11. The summed E-state index contributed by atoms with van der Waals surface area (Å²) in [4.78, 5) is 8.84. The van der Waals surface area contributed by atoms with Crippen molar-refractivity contribution in [3.63, 3.8) is 0 Å². The number of hydrogen-bond acceptors (Lipinski definition) is 3. The number of halogens is 1. The molecule has 2 rings (SSSR count). The maximum absolute atomic E-state index is 6.18. The van der Waals surface area contributed by atoms with Crippen LogP contribution in [0.15, 0.2) is 0 Å². The first kappa shape index (κ1) is 14.6. The third kappa shape index (κ3) is 3.59. The summed E-state index contributed by atoms with van der Waals surface area (Å²) in [6.07, 6.45) is 7.04. The molecule has 0 amide bonds. The average Bonchev–Trinajstić information content (AvgIpc) is 2.38. The summed E-state index contributed by atoms with van der Waals surface area (Å²) in [6.45, 7) is 6.30. The van der Waals surface area contributed by atoms with Crippen molar-refractivity contribution in [1.29, 1.82) is 0 Å². The molecule has 2 atom stereocenters. The Bertz CT molecular complexity index is 436. The highest BCUT2D eigenvalue weighted by Gasteiger charge is 2.24. The number of aryl methyl sites for hydroxylation is 1. The van der Waals surface area contributed by atoms with E-state index in [0.29, 0.717) is 17.0 Å². The van der Waals surface area contributed by atoms with Crippen molar-refractivity contribution in [2.24, 2.45) is 5.92 Å². The van der Waals surface area contributed by atoms with Gasteiger partial charge < -0.3 is 4.74 Å². The zero-order valence-electron chi connectivity index (χ0n) is 12.1. The number of ether oxygens (including phenoxy) is 1. The first-order valence-corrected chi connectivity index (χ1v) is 7.69. The van der Waals surface area contributed by atoms with Gasteiger partial charge in [0, 0.05) is 12.0 Å². The molecule has 1 aromatic heterocycles. The quantitative estimate of drug-likeness (QED) is 0.770. The van der Waals surface area contributed by atoms with E-state index in [-0.39, 0.29) is 6.10 Å². The molecule has 2 unspecified atom stereocenters. The summed E-state index contributed by atoms with van der Waals surface area (Å²) >= 11 is 6.18. The minimum Gasteiger partial charge on any atom is -0.474 e. The Morgan fingerprint density at radius 2 is 2.00 bits per heavy atom. The predicted octanol–water partition coefficient (Wildman–Crippen LogP) is 4.35. The molecule has 1 aliphatic rings. The van der Waals surface area contributed by atoms with Crippen LogP contribution in [0.25, 0.3) is 0 Å². The van der Waals surface area contributed by atoms with Gasteiger partial charge in [0.15, 0.2) is 0 Å². The lowest BCUT2D eigenvalue weighted by Gasteiger charge is -2.29. The van der Waals surface area contributed by atoms with Crippen LogP contribution in [0.1, 0.15) is 57.3 Å². The van der Waals surface area contributed by atoms with Gasteiger partial charge in [0.1, 0.15) is 17.1 Å². The van der Waals surface area contributed by atoms with E-state index in [2.05, 4.69) is 23.8 Å². The average molecular weight is 283 g/mol. The van der Waals surface area contributed by atoms with E-state index in [0.717, 1.165) is 30.7 Å². The molecule has 1 aromatic rings. The molecule has 3 nitrogen and oxygen atoms in total. The van der Waals surface area contributed by atoms with Gasteiger partial charge in [-0.25, -0.2) is 4.98 Å². The van der Waals surface area contributed by atoms with Crippen LogP contribution in [0, 0.1) is 12.8 Å². The van der Waals surface area contributed by atoms with Crippen LogP contribution < -0.4 is 4.74 Å². The highest BCUT2D eigenvalue weighted by atomic mass is 35.5. The van der Waals surface area contributed by atoms with Gasteiger partial charge in [-0.15, -0.1) is 0 Å². The molecule has 0 bridgehead atoms. The zero-order chi connectivity index (χ0) is 13.8. The molecule has 0 spiro atoms. The van der Waals surface area contributed by atoms with Crippen LogP contribution in [0.2, 0.25) is 5.15 Å². The van der Waals surface area contributed by atoms with Gasteiger partial charge in [-0.2, -0.15) is 4.98 Å². The van der Waals surface area contributed by atoms with E-state index in [1.54, 1.807) is 0 Å². The van der Waals surface area contributed by atoms with Crippen molar-refractivity contribution in [2.75, 3.05) is 0 Å². The standard InChI is InChI=1S/C15H23ClN2O/c1-4-7-13-17-14(16)11(3)15(18-13)19-12-9-6-5-8-10(12)2/h10,12H,4-9H2,1-3H3. The molecule has 0 radical (unpaired) electrons. The smallest absolute Gasteiger partial charge is 0.221 e. The van der Waals surface area contributed by atoms with Gasteiger partial charge in [0.25, 0.3) is 0 Å². The second-order valence-electron chi connectivity index (χ2n) is 5.53. The van der Waals surface area contributed by atoms with Crippen LogP contribution in [0.4, 0.5) is 0 Å². The summed E-state index contributed by atoms with van der Waals surface area (Å²) in [5.74, 6) is 2.07. The molecule has 0 aromatic carbocycles. The first-order valence-electron chi connectivity index (χ1n) is 7.31. The number of hydrogen-bond donors (Lipinski definition) is 0. The van der Waals surface area contributed by atoms with Gasteiger partial charge in [-0.1, -0.05) is 31.9 Å². The Kier molecular flexibility index (Phi) is 5.03. The maximum Gasteiger partial charge on any atom is 0.221 e. The van der Waals surface area contributed by atoms with Crippen molar-refractivity contribution < 1.29 is 4.74 Å². The second-order valence-corrected chi connectivity index (χ2v) is 5.89. The normalized spacial score (nSPS) is 23.4. The fourth-order valence-corrected chi connectivity index (χ4v) is 2.74. The van der Waals surface area contributed by atoms with E-state index in [1.165, 1.54) is 19.3 Å². The van der Waals surface area contributed by atoms with Gasteiger partial charge in [0.05, 0.1) is 0 Å². The molecular formula is C15H23ClN2O. The molecule has 19 heavy (non-hydrogen) atoms.